The Morgan fingerprint density at radius 1 is 1.24 bits per heavy atom. The molecule has 1 heterocycles. The summed E-state index contributed by atoms with van der Waals surface area (Å²) >= 11 is 1.59. The van der Waals surface area contributed by atoms with Crippen LogP contribution in [0.1, 0.15) is 42.7 Å². The molecule has 96 valence electrons. The third kappa shape index (κ3) is 3.71. The molecule has 5 heteroatoms. The average molecular weight is 263 g/mol. The van der Waals surface area contributed by atoms with Crippen LogP contribution in [0, 0.1) is 0 Å². The Balaban J connectivity index is 1.90. The summed E-state index contributed by atoms with van der Waals surface area (Å²) in [6.45, 7) is -0.582. The van der Waals surface area contributed by atoms with Gasteiger partial charge in [-0.3, -0.25) is 0 Å². The van der Waals surface area contributed by atoms with Crippen molar-refractivity contribution < 1.29 is 13.2 Å². The van der Waals surface area contributed by atoms with E-state index >= 15 is 0 Å². The summed E-state index contributed by atoms with van der Waals surface area (Å²) in [5.41, 5.74) is 2.31. The predicted octanol–water partition coefficient (Wildman–Crippen LogP) is 4.06. The predicted molar refractivity (Wildman–Crippen MR) is 63.3 cm³/mol. The Hall–Kier alpha value is -0.550. The topological polar surface area (TPSA) is 12.0 Å². The third-order valence-corrected chi connectivity index (χ3v) is 4.02. The number of hydrogen-bond acceptors (Lipinski definition) is 2. The first-order valence-electron chi connectivity index (χ1n) is 5.89. The van der Waals surface area contributed by atoms with Gasteiger partial charge in [0.1, 0.15) is 0 Å². The highest BCUT2D eigenvalue weighted by Crippen LogP contribution is 2.37. The number of alkyl halides is 3. The zero-order valence-corrected chi connectivity index (χ0v) is 10.3. The van der Waals surface area contributed by atoms with Crippen molar-refractivity contribution in [1.82, 2.24) is 5.32 Å². The Morgan fingerprint density at radius 2 is 1.94 bits per heavy atom. The minimum Gasteiger partial charge on any atom is -0.305 e. The van der Waals surface area contributed by atoms with Crippen molar-refractivity contribution in [2.24, 2.45) is 0 Å². The first kappa shape index (κ1) is 12.9. The van der Waals surface area contributed by atoms with Crippen molar-refractivity contribution in [3.8, 4) is 0 Å². The molecule has 17 heavy (non-hydrogen) atoms. The molecule has 1 nitrogen and oxygen atoms in total. The van der Waals surface area contributed by atoms with E-state index < -0.39 is 12.7 Å². The molecule has 0 spiro atoms. The van der Waals surface area contributed by atoms with Gasteiger partial charge in [-0.2, -0.15) is 24.5 Å². The Kier molecular flexibility index (Phi) is 4.09. The molecule has 0 amide bonds. The monoisotopic (exact) mass is 263 g/mol. The van der Waals surface area contributed by atoms with Crippen LogP contribution in [0.2, 0.25) is 0 Å². The third-order valence-electron chi connectivity index (χ3n) is 3.21. The summed E-state index contributed by atoms with van der Waals surface area (Å²) in [7, 11) is 0. The molecule has 0 bridgehead atoms. The second kappa shape index (κ2) is 5.40. The quantitative estimate of drug-likeness (QED) is 0.864. The number of rotatable bonds is 4. The molecular formula is C12H16F3NS. The molecule has 1 aromatic heterocycles. The van der Waals surface area contributed by atoms with Gasteiger partial charge in [0.25, 0.3) is 0 Å². The number of thiophene rings is 1. The van der Waals surface area contributed by atoms with Crippen molar-refractivity contribution in [3.05, 3.63) is 21.9 Å². The fourth-order valence-corrected chi connectivity index (χ4v) is 3.35. The van der Waals surface area contributed by atoms with E-state index in [1.165, 1.54) is 31.2 Å². The van der Waals surface area contributed by atoms with Gasteiger partial charge in [0.05, 0.1) is 6.54 Å². The lowest BCUT2D eigenvalue weighted by Gasteiger charge is -2.12. The van der Waals surface area contributed by atoms with Crippen molar-refractivity contribution >= 4 is 11.3 Å². The molecule has 1 aliphatic carbocycles. The molecule has 1 N–H and O–H groups in total. The van der Waals surface area contributed by atoms with Gasteiger partial charge >= 0.3 is 6.18 Å². The largest absolute Gasteiger partial charge is 0.401 e. The van der Waals surface area contributed by atoms with E-state index in [0.29, 0.717) is 12.5 Å². The molecular weight excluding hydrogens is 247 g/mol. The smallest absolute Gasteiger partial charge is 0.305 e. The minimum atomic E-state index is -4.12. The van der Waals surface area contributed by atoms with E-state index in [9.17, 15) is 13.2 Å². The van der Waals surface area contributed by atoms with E-state index in [1.54, 1.807) is 11.3 Å². The van der Waals surface area contributed by atoms with Crippen LogP contribution < -0.4 is 5.32 Å². The molecule has 0 aliphatic heterocycles. The number of hydrogen-bond donors (Lipinski definition) is 1. The Labute approximate surface area is 103 Å². The maximum atomic E-state index is 12.0. The zero-order valence-electron chi connectivity index (χ0n) is 9.52. The highest BCUT2D eigenvalue weighted by Gasteiger charge is 2.26. The maximum Gasteiger partial charge on any atom is 0.401 e. The van der Waals surface area contributed by atoms with E-state index in [0.717, 1.165) is 5.56 Å². The lowest BCUT2D eigenvalue weighted by molar-refractivity contribution is -0.125. The lowest BCUT2D eigenvalue weighted by Crippen LogP contribution is -2.28. The Morgan fingerprint density at radius 3 is 2.59 bits per heavy atom. The van der Waals surface area contributed by atoms with Crippen LogP contribution in [-0.4, -0.2) is 12.7 Å². The summed E-state index contributed by atoms with van der Waals surface area (Å²) in [6.07, 6.45) is 0.738. The van der Waals surface area contributed by atoms with Gasteiger partial charge in [-0.1, -0.05) is 12.8 Å². The molecule has 1 aliphatic rings. The standard InChI is InChI=1S/C12H16F3NS/c13-12(14,15)8-16-5-10-6-17-7-11(10)9-3-1-2-4-9/h6-7,9,16H,1-5,8H2. The molecule has 0 radical (unpaired) electrons. The van der Waals surface area contributed by atoms with Gasteiger partial charge in [-0.25, -0.2) is 0 Å². The van der Waals surface area contributed by atoms with Gasteiger partial charge in [0.15, 0.2) is 0 Å². The SMILES string of the molecule is FC(F)(F)CNCc1cscc1C1CCCC1. The second-order valence-corrected chi connectivity index (χ2v) is 5.30. The van der Waals surface area contributed by atoms with E-state index in [1.807, 2.05) is 5.38 Å². The average Bonchev–Trinajstić information content (AvgIpc) is 2.82. The summed E-state index contributed by atoms with van der Waals surface area (Å²) in [6, 6.07) is 0. The molecule has 0 unspecified atom stereocenters. The number of halogens is 3. The summed E-state index contributed by atoms with van der Waals surface area (Å²) < 4.78 is 36.1. The maximum absolute atomic E-state index is 12.0. The van der Waals surface area contributed by atoms with Crippen molar-refractivity contribution in [3.63, 3.8) is 0 Å². The molecule has 2 rings (SSSR count). The summed E-state index contributed by atoms with van der Waals surface area (Å²) in [4.78, 5) is 0. The van der Waals surface area contributed by atoms with Gasteiger partial charge in [0.2, 0.25) is 0 Å². The van der Waals surface area contributed by atoms with Gasteiger partial charge in [0, 0.05) is 6.54 Å². The normalized spacial score (nSPS) is 17.8. The molecule has 1 saturated carbocycles. The highest BCUT2D eigenvalue weighted by atomic mass is 32.1. The summed E-state index contributed by atoms with van der Waals surface area (Å²) in [5, 5.41) is 6.54. The Bertz CT molecular complexity index is 353. The molecule has 0 aromatic carbocycles. The molecule has 0 saturated heterocycles. The van der Waals surface area contributed by atoms with E-state index in [-0.39, 0.29) is 0 Å². The van der Waals surface area contributed by atoms with Crippen LogP contribution in [0.15, 0.2) is 10.8 Å². The first-order valence-corrected chi connectivity index (χ1v) is 6.83. The highest BCUT2D eigenvalue weighted by molar-refractivity contribution is 7.08. The molecule has 0 atom stereocenters. The fourth-order valence-electron chi connectivity index (χ4n) is 2.41. The summed E-state index contributed by atoms with van der Waals surface area (Å²) in [5.74, 6) is 0.573. The lowest BCUT2D eigenvalue weighted by atomic mass is 9.97. The fraction of sp³-hybridized carbons (Fsp3) is 0.667. The van der Waals surface area contributed by atoms with Gasteiger partial charge < -0.3 is 5.32 Å². The van der Waals surface area contributed by atoms with E-state index in [2.05, 4.69) is 10.7 Å². The van der Waals surface area contributed by atoms with Gasteiger partial charge in [-0.05, 0) is 40.6 Å². The van der Waals surface area contributed by atoms with Gasteiger partial charge in [-0.15, -0.1) is 0 Å². The zero-order chi connectivity index (χ0) is 12.3. The van der Waals surface area contributed by atoms with Crippen molar-refractivity contribution in [2.45, 2.75) is 44.3 Å². The van der Waals surface area contributed by atoms with Crippen molar-refractivity contribution in [2.75, 3.05) is 6.54 Å². The van der Waals surface area contributed by atoms with Crippen LogP contribution in [-0.2, 0) is 6.54 Å². The van der Waals surface area contributed by atoms with Crippen LogP contribution in [0.5, 0.6) is 0 Å². The minimum absolute atomic E-state index is 0.328. The van der Waals surface area contributed by atoms with Crippen LogP contribution >= 0.6 is 11.3 Å². The molecule has 1 aromatic rings. The van der Waals surface area contributed by atoms with Crippen LogP contribution in [0.3, 0.4) is 0 Å². The van der Waals surface area contributed by atoms with E-state index in [4.69, 9.17) is 0 Å². The molecule has 1 fully saturated rings. The number of nitrogens with one attached hydrogen (secondary N) is 1. The van der Waals surface area contributed by atoms with Crippen molar-refractivity contribution in [1.29, 1.82) is 0 Å². The second-order valence-electron chi connectivity index (χ2n) is 4.55. The first-order chi connectivity index (χ1) is 8.06. The van der Waals surface area contributed by atoms with Crippen LogP contribution in [0.25, 0.3) is 0 Å². The van der Waals surface area contributed by atoms with Crippen LogP contribution in [0.4, 0.5) is 13.2 Å².